The number of benzene rings is 1. The molecule has 0 heterocycles. The van der Waals surface area contributed by atoms with Crippen LogP contribution in [0, 0.1) is 11.6 Å². The Balaban J connectivity index is 3.22. The number of amides is 1. The molecule has 0 saturated carbocycles. The van der Waals surface area contributed by atoms with E-state index < -0.39 is 35.3 Å². The maximum absolute atomic E-state index is 13.4. The molecule has 1 aromatic carbocycles. The largest absolute Gasteiger partial charge is 0.385 e. The van der Waals surface area contributed by atoms with Crippen molar-refractivity contribution >= 4 is 21.8 Å². The van der Waals surface area contributed by atoms with E-state index in [0.717, 1.165) is 12.1 Å². The van der Waals surface area contributed by atoms with Crippen LogP contribution < -0.4 is 5.73 Å². The Bertz CT molecular complexity index is 427. The van der Waals surface area contributed by atoms with Gasteiger partial charge in [-0.15, -0.1) is 0 Å². The number of primary amides is 1. The lowest BCUT2D eigenvalue weighted by Crippen LogP contribution is -2.34. The summed E-state index contributed by atoms with van der Waals surface area (Å²) in [5.41, 5.74) is 3.90. The SMILES string of the molecule is NC(=O)C(O)C(O)c1c(F)ccc(Br)c1F. The number of aliphatic hydroxyl groups excluding tert-OH is 2. The number of aliphatic hydroxyl groups is 2. The lowest BCUT2D eigenvalue weighted by molar-refractivity contribution is -0.132. The molecule has 0 aliphatic carbocycles. The molecular weight excluding hydrogens is 288 g/mol. The van der Waals surface area contributed by atoms with Crippen LogP contribution in [0.5, 0.6) is 0 Å². The molecule has 2 unspecified atom stereocenters. The van der Waals surface area contributed by atoms with E-state index in [1.54, 1.807) is 0 Å². The zero-order chi connectivity index (χ0) is 12.5. The van der Waals surface area contributed by atoms with Crippen LogP contribution in [0.15, 0.2) is 16.6 Å². The minimum Gasteiger partial charge on any atom is -0.385 e. The normalized spacial score (nSPS) is 14.6. The molecule has 0 aliphatic rings. The summed E-state index contributed by atoms with van der Waals surface area (Å²) in [6.45, 7) is 0. The predicted octanol–water partition coefficient (Wildman–Crippen LogP) is 0.607. The first-order valence-corrected chi connectivity index (χ1v) is 4.94. The molecule has 1 aromatic rings. The minimum absolute atomic E-state index is 0.0976. The minimum atomic E-state index is -2.07. The first-order valence-electron chi connectivity index (χ1n) is 4.15. The van der Waals surface area contributed by atoms with Crippen molar-refractivity contribution in [3.05, 3.63) is 33.8 Å². The third kappa shape index (κ3) is 2.37. The molecule has 4 nitrogen and oxygen atoms in total. The van der Waals surface area contributed by atoms with E-state index in [2.05, 4.69) is 15.9 Å². The first-order chi connectivity index (χ1) is 7.36. The third-order valence-corrected chi connectivity index (χ3v) is 2.58. The second-order valence-corrected chi connectivity index (χ2v) is 3.90. The number of halogens is 3. The highest BCUT2D eigenvalue weighted by atomic mass is 79.9. The first kappa shape index (κ1) is 13.0. The summed E-state index contributed by atoms with van der Waals surface area (Å²) in [4.78, 5) is 10.6. The number of hydrogen-bond donors (Lipinski definition) is 3. The molecule has 0 spiro atoms. The smallest absolute Gasteiger partial charge is 0.249 e. The topological polar surface area (TPSA) is 83.6 Å². The Morgan fingerprint density at radius 3 is 2.44 bits per heavy atom. The van der Waals surface area contributed by atoms with Crippen LogP contribution in [0.25, 0.3) is 0 Å². The van der Waals surface area contributed by atoms with E-state index in [9.17, 15) is 18.7 Å². The summed E-state index contributed by atoms with van der Waals surface area (Å²) < 4.78 is 26.5. The lowest BCUT2D eigenvalue weighted by Gasteiger charge is -2.16. The zero-order valence-corrected chi connectivity index (χ0v) is 9.41. The van der Waals surface area contributed by atoms with Gasteiger partial charge in [0.15, 0.2) is 6.10 Å². The van der Waals surface area contributed by atoms with Gasteiger partial charge in [-0.25, -0.2) is 8.78 Å². The highest BCUT2D eigenvalue weighted by Gasteiger charge is 2.29. The molecular formula is C9H8BrF2NO3. The summed E-state index contributed by atoms with van der Waals surface area (Å²) in [6.07, 6.45) is -4.12. The van der Waals surface area contributed by atoms with E-state index >= 15 is 0 Å². The van der Waals surface area contributed by atoms with Crippen molar-refractivity contribution in [2.24, 2.45) is 5.73 Å². The van der Waals surface area contributed by atoms with E-state index in [0.29, 0.717) is 0 Å². The number of rotatable bonds is 3. The van der Waals surface area contributed by atoms with Crippen LogP contribution in [-0.2, 0) is 4.79 Å². The van der Waals surface area contributed by atoms with Gasteiger partial charge in [-0.05, 0) is 28.1 Å². The monoisotopic (exact) mass is 295 g/mol. The maximum Gasteiger partial charge on any atom is 0.249 e. The van der Waals surface area contributed by atoms with Crippen LogP contribution in [0.2, 0.25) is 0 Å². The van der Waals surface area contributed by atoms with Crippen molar-refractivity contribution in [3.63, 3.8) is 0 Å². The van der Waals surface area contributed by atoms with Crippen molar-refractivity contribution in [1.29, 1.82) is 0 Å². The second-order valence-electron chi connectivity index (χ2n) is 3.05. The second kappa shape index (κ2) is 4.86. The molecule has 0 aliphatic heterocycles. The van der Waals surface area contributed by atoms with Gasteiger partial charge in [0.2, 0.25) is 5.91 Å². The highest BCUT2D eigenvalue weighted by molar-refractivity contribution is 9.10. The maximum atomic E-state index is 13.4. The number of nitrogens with two attached hydrogens (primary N) is 1. The van der Waals surface area contributed by atoms with E-state index in [1.165, 1.54) is 0 Å². The molecule has 1 amide bonds. The van der Waals surface area contributed by atoms with E-state index in [-0.39, 0.29) is 4.47 Å². The Labute approximate surface area is 97.8 Å². The van der Waals surface area contributed by atoms with Gasteiger partial charge in [-0.3, -0.25) is 4.79 Å². The predicted molar refractivity (Wildman–Crippen MR) is 54.2 cm³/mol. The fraction of sp³-hybridized carbons (Fsp3) is 0.222. The molecule has 0 bridgehead atoms. The van der Waals surface area contributed by atoms with Crippen molar-refractivity contribution in [2.45, 2.75) is 12.2 Å². The van der Waals surface area contributed by atoms with Crippen LogP contribution in [0.4, 0.5) is 8.78 Å². The van der Waals surface area contributed by atoms with Crippen molar-refractivity contribution in [2.75, 3.05) is 0 Å². The molecule has 4 N–H and O–H groups in total. The molecule has 2 atom stereocenters. The summed E-state index contributed by atoms with van der Waals surface area (Å²) in [6, 6.07) is 1.98. The fourth-order valence-corrected chi connectivity index (χ4v) is 1.47. The molecule has 1 rings (SSSR count). The molecule has 0 saturated heterocycles. The molecule has 0 fully saturated rings. The van der Waals surface area contributed by atoms with Crippen molar-refractivity contribution in [1.82, 2.24) is 0 Å². The fourth-order valence-electron chi connectivity index (χ4n) is 1.13. The van der Waals surface area contributed by atoms with Crippen LogP contribution in [0.3, 0.4) is 0 Å². The quantitative estimate of drug-likeness (QED) is 0.714. The zero-order valence-electron chi connectivity index (χ0n) is 7.82. The Hall–Kier alpha value is -1.05. The van der Waals surface area contributed by atoms with Crippen LogP contribution in [0.1, 0.15) is 11.7 Å². The molecule has 7 heteroatoms. The average Bonchev–Trinajstić information content (AvgIpc) is 2.22. The van der Waals surface area contributed by atoms with Gasteiger partial charge in [0.25, 0.3) is 0 Å². The average molecular weight is 296 g/mol. The summed E-state index contributed by atoms with van der Waals surface area (Å²) >= 11 is 2.78. The van der Waals surface area contributed by atoms with Crippen LogP contribution in [-0.4, -0.2) is 22.2 Å². The number of carbonyl (C=O) groups is 1. The van der Waals surface area contributed by atoms with Gasteiger partial charge in [0, 0.05) is 0 Å². The summed E-state index contributed by atoms with van der Waals surface area (Å²) in [5.74, 6) is -3.44. The van der Waals surface area contributed by atoms with Gasteiger partial charge in [-0.2, -0.15) is 0 Å². The van der Waals surface area contributed by atoms with Crippen molar-refractivity contribution < 1.29 is 23.8 Å². The molecule has 0 radical (unpaired) electrons. The highest BCUT2D eigenvalue weighted by Crippen LogP contribution is 2.28. The van der Waals surface area contributed by atoms with Gasteiger partial charge in [0.1, 0.15) is 17.7 Å². The van der Waals surface area contributed by atoms with Gasteiger partial charge in [-0.1, -0.05) is 0 Å². The van der Waals surface area contributed by atoms with Crippen molar-refractivity contribution in [3.8, 4) is 0 Å². The summed E-state index contributed by atoms with van der Waals surface area (Å²) in [5, 5.41) is 18.5. The molecule has 88 valence electrons. The third-order valence-electron chi connectivity index (χ3n) is 1.97. The van der Waals surface area contributed by atoms with E-state index in [4.69, 9.17) is 10.8 Å². The van der Waals surface area contributed by atoms with Gasteiger partial charge in [0.05, 0.1) is 10.0 Å². The molecule has 16 heavy (non-hydrogen) atoms. The molecule has 0 aromatic heterocycles. The lowest BCUT2D eigenvalue weighted by atomic mass is 10.0. The Kier molecular flexibility index (Phi) is 3.95. The Morgan fingerprint density at radius 2 is 1.94 bits per heavy atom. The summed E-state index contributed by atoms with van der Waals surface area (Å²) in [7, 11) is 0. The van der Waals surface area contributed by atoms with Gasteiger partial charge >= 0.3 is 0 Å². The number of hydrogen-bond acceptors (Lipinski definition) is 3. The van der Waals surface area contributed by atoms with E-state index in [1.807, 2.05) is 0 Å². The van der Waals surface area contributed by atoms with Gasteiger partial charge < -0.3 is 15.9 Å². The Morgan fingerprint density at radius 1 is 1.38 bits per heavy atom. The standard InChI is InChI=1S/C9H8BrF2NO3/c10-3-1-2-4(11)5(6(3)12)7(14)8(15)9(13)16/h1-2,7-8,14-15H,(H2,13,16). The number of carbonyl (C=O) groups excluding carboxylic acids is 1. The van der Waals surface area contributed by atoms with Crippen LogP contribution >= 0.6 is 15.9 Å².